The average molecular weight is 254 g/mol. The Morgan fingerprint density at radius 3 is 2.95 bits per heavy atom. The van der Waals surface area contributed by atoms with E-state index >= 15 is 0 Å². The Morgan fingerprint density at radius 2 is 2.16 bits per heavy atom. The van der Waals surface area contributed by atoms with Crippen LogP contribution in [-0.2, 0) is 4.74 Å². The van der Waals surface area contributed by atoms with Crippen LogP contribution in [0.25, 0.3) is 17.0 Å². The number of rotatable bonds is 2. The van der Waals surface area contributed by atoms with Crippen LogP contribution in [0.3, 0.4) is 0 Å². The molecule has 1 aromatic carbocycles. The first-order valence-corrected chi connectivity index (χ1v) is 6.22. The molecule has 0 amide bonds. The molecule has 0 bridgehead atoms. The van der Waals surface area contributed by atoms with Crippen LogP contribution in [0.1, 0.15) is 12.1 Å². The number of nitrogens with zero attached hydrogens (tertiary/aromatic N) is 2. The number of aromatic hydroxyl groups is 1. The maximum Gasteiger partial charge on any atom is 0.159 e. The molecular weight excluding hydrogens is 240 g/mol. The van der Waals surface area contributed by atoms with Crippen molar-refractivity contribution >= 4 is 5.57 Å². The van der Waals surface area contributed by atoms with Crippen LogP contribution in [-0.4, -0.2) is 28.3 Å². The number of phenolic OH excluding ortho intramolecular Hbond substituents is 1. The maximum atomic E-state index is 9.51. The molecule has 1 aliphatic heterocycles. The summed E-state index contributed by atoms with van der Waals surface area (Å²) in [5.74, 6) is 0.845. The summed E-state index contributed by atoms with van der Waals surface area (Å²) >= 11 is 0. The van der Waals surface area contributed by atoms with Crippen molar-refractivity contribution in [2.24, 2.45) is 0 Å². The minimum absolute atomic E-state index is 0.219. The molecular formula is C15H14N2O2. The first kappa shape index (κ1) is 11.9. The summed E-state index contributed by atoms with van der Waals surface area (Å²) in [7, 11) is 0. The lowest BCUT2D eigenvalue weighted by Gasteiger charge is -2.13. The standard InChI is InChI=1S/C15H14N2O2/c18-13-3-1-2-12(10-13)15-16-7-4-14(17-15)11-5-8-19-9-6-11/h1-5,7,10,18H,6,8-9H2. The second-order valence-corrected chi connectivity index (χ2v) is 4.37. The number of phenols is 1. The lowest BCUT2D eigenvalue weighted by molar-refractivity contribution is 0.161. The van der Waals surface area contributed by atoms with Crippen molar-refractivity contribution in [1.29, 1.82) is 0 Å². The van der Waals surface area contributed by atoms with E-state index in [0.717, 1.165) is 24.3 Å². The van der Waals surface area contributed by atoms with E-state index in [1.54, 1.807) is 24.4 Å². The quantitative estimate of drug-likeness (QED) is 0.895. The molecule has 19 heavy (non-hydrogen) atoms. The molecule has 4 nitrogen and oxygen atoms in total. The molecule has 0 atom stereocenters. The van der Waals surface area contributed by atoms with Gasteiger partial charge in [0.05, 0.1) is 18.9 Å². The molecule has 0 unspecified atom stereocenters. The zero-order chi connectivity index (χ0) is 13.1. The van der Waals surface area contributed by atoms with E-state index < -0.39 is 0 Å². The Bertz CT molecular complexity index is 623. The van der Waals surface area contributed by atoms with Gasteiger partial charge in [-0.2, -0.15) is 0 Å². The Balaban J connectivity index is 1.98. The van der Waals surface area contributed by atoms with E-state index in [1.807, 2.05) is 12.1 Å². The fourth-order valence-electron chi connectivity index (χ4n) is 2.08. The second kappa shape index (κ2) is 5.20. The van der Waals surface area contributed by atoms with Crippen molar-refractivity contribution in [1.82, 2.24) is 9.97 Å². The van der Waals surface area contributed by atoms with Crippen molar-refractivity contribution in [3.8, 4) is 17.1 Å². The maximum absolute atomic E-state index is 9.51. The minimum Gasteiger partial charge on any atom is -0.508 e. The third-order valence-corrected chi connectivity index (χ3v) is 3.05. The van der Waals surface area contributed by atoms with Crippen LogP contribution in [0, 0.1) is 0 Å². The second-order valence-electron chi connectivity index (χ2n) is 4.37. The number of hydrogen-bond donors (Lipinski definition) is 1. The largest absolute Gasteiger partial charge is 0.508 e. The zero-order valence-electron chi connectivity index (χ0n) is 10.4. The number of aromatic nitrogens is 2. The molecule has 0 saturated heterocycles. The van der Waals surface area contributed by atoms with Crippen LogP contribution < -0.4 is 0 Å². The minimum atomic E-state index is 0.219. The van der Waals surface area contributed by atoms with Crippen LogP contribution in [0.2, 0.25) is 0 Å². The molecule has 0 radical (unpaired) electrons. The summed E-state index contributed by atoms with van der Waals surface area (Å²) < 4.78 is 5.30. The molecule has 3 rings (SSSR count). The molecule has 2 heterocycles. The third kappa shape index (κ3) is 2.63. The highest BCUT2D eigenvalue weighted by atomic mass is 16.5. The number of hydrogen-bond acceptors (Lipinski definition) is 4. The van der Waals surface area contributed by atoms with Crippen LogP contribution >= 0.6 is 0 Å². The highest BCUT2D eigenvalue weighted by Crippen LogP contribution is 2.23. The number of ether oxygens (including phenoxy) is 1. The van der Waals surface area contributed by atoms with E-state index in [1.165, 1.54) is 5.57 Å². The molecule has 0 spiro atoms. The van der Waals surface area contributed by atoms with Gasteiger partial charge in [-0.3, -0.25) is 0 Å². The van der Waals surface area contributed by atoms with Gasteiger partial charge in [0.1, 0.15) is 5.75 Å². The number of benzene rings is 1. The van der Waals surface area contributed by atoms with Gasteiger partial charge in [0.15, 0.2) is 5.82 Å². The van der Waals surface area contributed by atoms with Crippen molar-refractivity contribution in [3.63, 3.8) is 0 Å². The van der Waals surface area contributed by atoms with Gasteiger partial charge >= 0.3 is 0 Å². The van der Waals surface area contributed by atoms with E-state index in [0.29, 0.717) is 12.4 Å². The first-order chi connectivity index (χ1) is 9.33. The molecule has 4 heteroatoms. The first-order valence-electron chi connectivity index (χ1n) is 6.22. The van der Waals surface area contributed by atoms with Crippen molar-refractivity contribution in [2.75, 3.05) is 13.2 Å². The van der Waals surface area contributed by atoms with Crippen molar-refractivity contribution < 1.29 is 9.84 Å². The van der Waals surface area contributed by atoms with Crippen molar-refractivity contribution in [2.45, 2.75) is 6.42 Å². The Labute approximate surface area is 111 Å². The van der Waals surface area contributed by atoms with Crippen LogP contribution in [0.4, 0.5) is 0 Å². The molecule has 0 aliphatic carbocycles. The summed E-state index contributed by atoms with van der Waals surface area (Å²) in [6.45, 7) is 1.37. The van der Waals surface area contributed by atoms with Gasteiger partial charge in [-0.15, -0.1) is 0 Å². The average Bonchev–Trinajstić information content (AvgIpc) is 2.48. The smallest absolute Gasteiger partial charge is 0.159 e. The van der Waals surface area contributed by atoms with Gasteiger partial charge in [-0.1, -0.05) is 18.2 Å². The van der Waals surface area contributed by atoms with Gasteiger partial charge < -0.3 is 9.84 Å². The molecule has 0 saturated carbocycles. The summed E-state index contributed by atoms with van der Waals surface area (Å²) in [6.07, 6.45) is 4.67. The highest BCUT2D eigenvalue weighted by molar-refractivity contribution is 5.66. The summed E-state index contributed by atoms with van der Waals surface area (Å²) in [5.41, 5.74) is 2.93. The fraction of sp³-hybridized carbons (Fsp3) is 0.200. The molecule has 1 N–H and O–H groups in total. The Hall–Kier alpha value is -2.20. The molecule has 1 aliphatic rings. The van der Waals surface area contributed by atoms with E-state index in [2.05, 4.69) is 16.0 Å². The normalized spacial score (nSPS) is 15.1. The van der Waals surface area contributed by atoms with E-state index in [9.17, 15) is 5.11 Å². The molecule has 0 fully saturated rings. The van der Waals surface area contributed by atoms with Gasteiger partial charge in [0, 0.05) is 11.8 Å². The van der Waals surface area contributed by atoms with E-state index in [-0.39, 0.29) is 5.75 Å². The fourth-order valence-corrected chi connectivity index (χ4v) is 2.08. The highest BCUT2D eigenvalue weighted by Gasteiger charge is 2.09. The third-order valence-electron chi connectivity index (χ3n) is 3.05. The monoisotopic (exact) mass is 254 g/mol. The van der Waals surface area contributed by atoms with Gasteiger partial charge in [0.2, 0.25) is 0 Å². The zero-order valence-corrected chi connectivity index (χ0v) is 10.4. The topological polar surface area (TPSA) is 55.2 Å². The lowest BCUT2D eigenvalue weighted by Crippen LogP contribution is -2.05. The summed E-state index contributed by atoms with van der Waals surface area (Å²) in [5, 5.41) is 9.51. The van der Waals surface area contributed by atoms with E-state index in [4.69, 9.17) is 4.74 Å². The Kier molecular flexibility index (Phi) is 3.25. The van der Waals surface area contributed by atoms with Crippen molar-refractivity contribution in [3.05, 3.63) is 48.3 Å². The van der Waals surface area contributed by atoms with Gasteiger partial charge in [0.25, 0.3) is 0 Å². The molecule has 2 aromatic rings. The summed E-state index contributed by atoms with van der Waals surface area (Å²) in [4.78, 5) is 8.83. The molecule has 1 aromatic heterocycles. The van der Waals surface area contributed by atoms with Crippen LogP contribution in [0.5, 0.6) is 5.75 Å². The summed E-state index contributed by atoms with van der Waals surface area (Å²) in [6, 6.07) is 8.88. The lowest BCUT2D eigenvalue weighted by atomic mass is 10.1. The predicted octanol–water partition coefficient (Wildman–Crippen LogP) is 2.65. The SMILES string of the molecule is Oc1cccc(-c2nccc(C3=CCOCC3)n2)c1. The van der Waals surface area contributed by atoms with Gasteiger partial charge in [-0.05, 0) is 30.2 Å². The van der Waals surface area contributed by atoms with Gasteiger partial charge in [-0.25, -0.2) is 9.97 Å². The Morgan fingerprint density at radius 1 is 1.21 bits per heavy atom. The van der Waals surface area contributed by atoms with Crippen LogP contribution in [0.15, 0.2) is 42.6 Å². The predicted molar refractivity (Wildman–Crippen MR) is 72.5 cm³/mol. The molecule has 96 valence electrons.